The fraction of sp³-hybridized carbons (Fsp3) is 0.846. The molecule has 1 aliphatic heterocycles. The minimum absolute atomic E-state index is 0.0398. The number of aliphatic hydroxyl groups excluding tert-OH is 1. The van der Waals surface area contributed by atoms with Gasteiger partial charge in [-0.15, -0.1) is 0 Å². The van der Waals surface area contributed by atoms with Gasteiger partial charge in [0.1, 0.15) is 6.61 Å². The third kappa shape index (κ3) is 4.64. The van der Waals surface area contributed by atoms with Crippen LogP contribution in [0.1, 0.15) is 51.9 Å². The van der Waals surface area contributed by atoms with Crippen molar-refractivity contribution in [3.8, 4) is 0 Å². The van der Waals surface area contributed by atoms with Crippen LogP contribution in [0.15, 0.2) is 0 Å². The van der Waals surface area contributed by atoms with Crippen molar-refractivity contribution in [2.24, 2.45) is 0 Å². The van der Waals surface area contributed by atoms with Crippen molar-refractivity contribution >= 4 is 11.9 Å². The minimum Gasteiger partial charge on any atom is -0.461 e. The number of carbonyl (C=O) groups is 2. The third-order valence-electron chi connectivity index (χ3n) is 3.13. The van der Waals surface area contributed by atoms with E-state index in [1.165, 1.54) is 0 Å². The standard InChI is InChI=1S/C13H22O5/c1-2-3-4-5-6-11(15)17-10-13(9-14)8-7-12(16)18-13/h14H,2-10H2,1H3. The lowest BCUT2D eigenvalue weighted by atomic mass is 10.0. The lowest BCUT2D eigenvalue weighted by molar-refractivity contribution is -0.166. The highest BCUT2D eigenvalue weighted by atomic mass is 16.6. The Morgan fingerprint density at radius 1 is 1.44 bits per heavy atom. The first kappa shape index (κ1) is 15.0. The van der Waals surface area contributed by atoms with E-state index >= 15 is 0 Å². The molecule has 1 aliphatic rings. The van der Waals surface area contributed by atoms with Crippen molar-refractivity contribution in [2.75, 3.05) is 13.2 Å². The van der Waals surface area contributed by atoms with Crippen LogP contribution in [0.25, 0.3) is 0 Å². The quantitative estimate of drug-likeness (QED) is 0.528. The SMILES string of the molecule is CCCCCCC(=O)OCC1(CO)CCC(=O)O1. The van der Waals surface area contributed by atoms with E-state index in [0.29, 0.717) is 12.8 Å². The van der Waals surface area contributed by atoms with Crippen molar-refractivity contribution in [2.45, 2.75) is 57.5 Å². The zero-order chi connectivity index (χ0) is 13.4. The van der Waals surface area contributed by atoms with Crippen LogP contribution in [0, 0.1) is 0 Å². The van der Waals surface area contributed by atoms with Gasteiger partial charge >= 0.3 is 11.9 Å². The number of hydrogen-bond acceptors (Lipinski definition) is 5. The molecule has 1 unspecified atom stereocenters. The van der Waals surface area contributed by atoms with Gasteiger partial charge in [0.25, 0.3) is 0 Å². The molecule has 0 aromatic rings. The summed E-state index contributed by atoms with van der Waals surface area (Å²) in [4.78, 5) is 22.5. The summed E-state index contributed by atoms with van der Waals surface area (Å²) in [5.74, 6) is -0.634. The Bertz CT molecular complexity index is 289. The molecule has 0 aromatic carbocycles. The molecule has 104 valence electrons. The van der Waals surface area contributed by atoms with E-state index in [9.17, 15) is 14.7 Å². The molecule has 1 N–H and O–H groups in total. The van der Waals surface area contributed by atoms with Crippen LogP contribution in [0.3, 0.4) is 0 Å². The Balaban J connectivity index is 2.22. The van der Waals surface area contributed by atoms with Gasteiger partial charge in [0.15, 0.2) is 5.60 Å². The van der Waals surface area contributed by atoms with Crippen LogP contribution in [0.4, 0.5) is 0 Å². The third-order valence-corrected chi connectivity index (χ3v) is 3.13. The van der Waals surface area contributed by atoms with E-state index in [1.807, 2.05) is 0 Å². The lowest BCUT2D eigenvalue weighted by Crippen LogP contribution is -2.39. The Hall–Kier alpha value is -1.10. The Kier molecular flexibility index (Phi) is 6.12. The number of unbranched alkanes of at least 4 members (excludes halogenated alkanes) is 3. The normalized spacial score (nSPS) is 22.9. The van der Waals surface area contributed by atoms with Crippen molar-refractivity contribution < 1.29 is 24.2 Å². The average molecular weight is 258 g/mol. The molecule has 0 spiro atoms. The zero-order valence-corrected chi connectivity index (χ0v) is 10.9. The maximum absolute atomic E-state index is 11.5. The topological polar surface area (TPSA) is 72.8 Å². The summed E-state index contributed by atoms with van der Waals surface area (Å²) in [6.07, 6.45) is 5.14. The van der Waals surface area contributed by atoms with Gasteiger partial charge in [-0.2, -0.15) is 0 Å². The summed E-state index contributed by atoms with van der Waals surface area (Å²) in [6.45, 7) is 1.77. The zero-order valence-electron chi connectivity index (χ0n) is 10.9. The minimum atomic E-state index is -1.00. The van der Waals surface area contributed by atoms with Crippen LogP contribution >= 0.6 is 0 Å². The largest absolute Gasteiger partial charge is 0.461 e. The number of rotatable bonds is 8. The molecule has 1 heterocycles. The summed E-state index contributed by atoms with van der Waals surface area (Å²) in [5, 5.41) is 9.22. The molecule has 5 nitrogen and oxygen atoms in total. The van der Waals surface area contributed by atoms with E-state index in [2.05, 4.69) is 6.92 Å². The molecule has 0 amide bonds. The van der Waals surface area contributed by atoms with Crippen LogP contribution in [-0.2, 0) is 19.1 Å². The van der Waals surface area contributed by atoms with Gasteiger partial charge in [-0.25, -0.2) is 0 Å². The van der Waals surface area contributed by atoms with Gasteiger partial charge in [0.2, 0.25) is 0 Å². The van der Waals surface area contributed by atoms with E-state index in [1.54, 1.807) is 0 Å². The summed E-state index contributed by atoms with van der Waals surface area (Å²) < 4.78 is 10.1. The number of cyclic esters (lactones) is 1. The second kappa shape index (κ2) is 7.36. The molecule has 1 saturated heterocycles. The van der Waals surface area contributed by atoms with E-state index in [4.69, 9.17) is 9.47 Å². The van der Waals surface area contributed by atoms with Gasteiger partial charge in [-0.3, -0.25) is 9.59 Å². The highest BCUT2D eigenvalue weighted by Gasteiger charge is 2.41. The second-order valence-corrected chi connectivity index (χ2v) is 4.79. The summed E-state index contributed by atoms with van der Waals surface area (Å²) >= 11 is 0. The van der Waals surface area contributed by atoms with Gasteiger partial charge in [0, 0.05) is 19.3 Å². The maximum atomic E-state index is 11.5. The van der Waals surface area contributed by atoms with Crippen molar-refractivity contribution in [3.05, 3.63) is 0 Å². The summed E-state index contributed by atoms with van der Waals surface area (Å²) in [7, 11) is 0. The van der Waals surface area contributed by atoms with Crippen LogP contribution < -0.4 is 0 Å². The van der Waals surface area contributed by atoms with Gasteiger partial charge in [-0.1, -0.05) is 26.2 Å². The number of aliphatic hydroxyl groups is 1. The molecule has 1 rings (SSSR count). The van der Waals surface area contributed by atoms with E-state index < -0.39 is 5.60 Å². The fourth-order valence-corrected chi connectivity index (χ4v) is 1.91. The monoisotopic (exact) mass is 258 g/mol. The summed E-state index contributed by atoms with van der Waals surface area (Å²) in [6, 6.07) is 0. The Morgan fingerprint density at radius 2 is 2.22 bits per heavy atom. The molecule has 0 saturated carbocycles. The van der Waals surface area contributed by atoms with Gasteiger partial charge in [-0.05, 0) is 6.42 Å². The van der Waals surface area contributed by atoms with E-state index in [0.717, 1.165) is 25.7 Å². The smallest absolute Gasteiger partial charge is 0.306 e. The predicted molar refractivity (Wildman–Crippen MR) is 64.9 cm³/mol. The van der Waals surface area contributed by atoms with Gasteiger partial charge in [0.05, 0.1) is 6.61 Å². The first-order valence-electron chi connectivity index (χ1n) is 6.60. The lowest BCUT2D eigenvalue weighted by Gasteiger charge is -2.24. The Morgan fingerprint density at radius 3 is 2.78 bits per heavy atom. The molecule has 1 fully saturated rings. The maximum Gasteiger partial charge on any atom is 0.306 e. The molecule has 0 aromatic heterocycles. The molecule has 0 aliphatic carbocycles. The molecule has 1 atom stereocenters. The average Bonchev–Trinajstić information content (AvgIpc) is 2.75. The van der Waals surface area contributed by atoms with Crippen molar-refractivity contribution in [1.29, 1.82) is 0 Å². The molecule has 18 heavy (non-hydrogen) atoms. The molecular weight excluding hydrogens is 236 g/mol. The number of esters is 2. The first-order chi connectivity index (χ1) is 8.62. The molecular formula is C13H22O5. The fourth-order valence-electron chi connectivity index (χ4n) is 1.91. The molecule has 5 heteroatoms. The summed E-state index contributed by atoms with van der Waals surface area (Å²) in [5.41, 5.74) is -1.00. The first-order valence-corrected chi connectivity index (χ1v) is 6.60. The van der Waals surface area contributed by atoms with Crippen LogP contribution in [0.5, 0.6) is 0 Å². The Labute approximate surface area is 107 Å². The number of carbonyl (C=O) groups excluding carboxylic acids is 2. The predicted octanol–water partition coefficient (Wildman–Crippen LogP) is 1.57. The van der Waals surface area contributed by atoms with Crippen LogP contribution in [-0.4, -0.2) is 35.9 Å². The highest BCUT2D eigenvalue weighted by Crippen LogP contribution is 2.26. The molecule has 0 bridgehead atoms. The van der Waals surface area contributed by atoms with Crippen molar-refractivity contribution in [3.63, 3.8) is 0 Å². The number of hydrogen-bond donors (Lipinski definition) is 1. The highest BCUT2D eigenvalue weighted by molar-refractivity contribution is 5.72. The molecule has 0 radical (unpaired) electrons. The van der Waals surface area contributed by atoms with Crippen molar-refractivity contribution in [1.82, 2.24) is 0 Å². The van der Waals surface area contributed by atoms with E-state index in [-0.39, 0.29) is 31.6 Å². The number of ether oxygens (including phenoxy) is 2. The van der Waals surface area contributed by atoms with Gasteiger partial charge < -0.3 is 14.6 Å². The van der Waals surface area contributed by atoms with Crippen LogP contribution in [0.2, 0.25) is 0 Å². The second-order valence-electron chi connectivity index (χ2n) is 4.79.